The van der Waals surface area contributed by atoms with Crippen LogP contribution < -0.4 is 15.5 Å². The molecule has 1 fully saturated rings. The molecule has 0 unspecified atom stereocenters. The van der Waals surface area contributed by atoms with Crippen LogP contribution in [-0.4, -0.2) is 60.0 Å². The summed E-state index contributed by atoms with van der Waals surface area (Å²) in [5.74, 6) is 1.10. The molecule has 1 saturated heterocycles. The zero-order valence-corrected chi connectivity index (χ0v) is 18.3. The summed E-state index contributed by atoms with van der Waals surface area (Å²) >= 11 is 0. The van der Waals surface area contributed by atoms with E-state index in [9.17, 15) is 13.2 Å². The molecule has 3 heterocycles. The Labute approximate surface area is 186 Å². The van der Waals surface area contributed by atoms with Gasteiger partial charge in [0.1, 0.15) is 0 Å². The summed E-state index contributed by atoms with van der Waals surface area (Å²) in [7, 11) is -3.61. The van der Waals surface area contributed by atoms with E-state index in [1.807, 2.05) is 29.2 Å². The van der Waals surface area contributed by atoms with E-state index >= 15 is 0 Å². The van der Waals surface area contributed by atoms with E-state index in [1.54, 1.807) is 24.5 Å². The van der Waals surface area contributed by atoms with Crippen LogP contribution in [0.3, 0.4) is 0 Å². The topological polar surface area (TPSA) is 120 Å². The van der Waals surface area contributed by atoms with Gasteiger partial charge in [-0.2, -0.15) is 4.31 Å². The normalized spacial score (nSPS) is 14.7. The van der Waals surface area contributed by atoms with Crippen LogP contribution in [0, 0.1) is 0 Å². The summed E-state index contributed by atoms with van der Waals surface area (Å²) in [6.45, 7) is 3.10. The van der Waals surface area contributed by atoms with Gasteiger partial charge in [0.2, 0.25) is 15.9 Å². The third-order valence-electron chi connectivity index (χ3n) is 4.98. The fraction of sp³-hybridized carbons (Fsp3) is 0.238. The number of hydrogen-bond donors (Lipinski definition) is 2. The van der Waals surface area contributed by atoms with Crippen molar-refractivity contribution in [2.75, 3.05) is 41.7 Å². The van der Waals surface area contributed by atoms with Crippen LogP contribution in [0.15, 0.2) is 65.8 Å². The Morgan fingerprint density at radius 1 is 0.875 bits per heavy atom. The molecule has 0 spiro atoms. The fourth-order valence-corrected chi connectivity index (χ4v) is 4.79. The Hall–Kier alpha value is -3.57. The molecule has 11 heteroatoms. The summed E-state index contributed by atoms with van der Waals surface area (Å²) in [5.41, 5.74) is 1.42. The first-order valence-electron chi connectivity index (χ1n) is 10.1. The van der Waals surface area contributed by atoms with Crippen LogP contribution in [0.1, 0.15) is 6.92 Å². The number of carbonyl (C=O) groups is 1. The van der Waals surface area contributed by atoms with Crippen molar-refractivity contribution in [3.63, 3.8) is 0 Å². The Morgan fingerprint density at radius 2 is 1.56 bits per heavy atom. The molecule has 1 amide bonds. The summed E-state index contributed by atoms with van der Waals surface area (Å²) in [5, 5.41) is 14.3. The lowest BCUT2D eigenvalue weighted by atomic mass is 10.3. The van der Waals surface area contributed by atoms with Crippen molar-refractivity contribution in [1.29, 1.82) is 0 Å². The highest BCUT2D eigenvalue weighted by Crippen LogP contribution is 2.22. The number of aromatic nitrogens is 3. The number of nitrogens with one attached hydrogen (secondary N) is 2. The van der Waals surface area contributed by atoms with Gasteiger partial charge in [0.25, 0.3) is 0 Å². The zero-order valence-electron chi connectivity index (χ0n) is 17.5. The molecule has 0 atom stereocenters. The zero-order chi connectivity index (χ0) is 22.6. The molecule has 0 aliphatic carbocycles. The smallest absolute Gasteiger partial charge is 0.243 e. The maximum Gasteiger partial charge on any atom is 0.243 e. The molecule has 1 aliphatic heterocycles. The fourth-order valence-electron chi connectivity index (χ4n) is 3.36. The van der Waals surface area contributed by atoms with Crippen molar-refractivity contribution in [1.82, 2.24) is 19.5 Å². The minimum atomic E-state index is -3.61. The van der Waals surface area contributed by atoms with Crippen molar-refractivity contribution in [2.45, 2.75) is 11.8 Å². The highest BCUT2D eigenvalue weighted by molar-refractivity contribution is 7.89. The van der Waals surface area contributed by atoms with Crippen LogP contribution in [0.4, 0.5) is 23.0 Å². The largest absolute Gasteiger partial charge is 0.352 e. The van der Waals surface area contributed by atoms with Crippen molar-refractivity contribution in [3.05, 3.63) is 60.9 Å². The average Bonchev–Trinajstić information content (AvgIpc) is 2.80. The Balaban J connectivity index is 1.36. The first-order valence-corrected chi connectivity index (χ1v) is 11.5. The minimum absolute atomic E-state index is 0.200. The van der Waals surface area contributed by atoms with Crippen LogP contribution in [0.5, 0.6) is 0 Å². The van der Waals surface area contributed by atoms with Gasteiger partial charge in [-0.1, -0.05) is 0 Å². The summed E-state index contributed by atoms with van der Waals surface area (Å²) in [6, 6.07) is 13.6. The molecule has 0 bridgehead atoms. The van der Waals surface area contributed by atoms with Crippen molar-refractivity contribution >= 4 is 38.9 Å². The monoisotopic (exact) mass is 453 g/mol. The number of carbonyl (C=O) groups excluding carboxylic acids is 1. The van der Waals surface area contributed by atoms with Crippen LogP contribution in [0.2, 0.25) is 0 Å². The second-order valence-corrected chi connectivity index (χ2v) is 9.17. The lowest BCUT2D eigenvalue weighted by Crippen LogP contribution is -2.49. The van der Waals surface area contributed by atoms with Gasteiger partial charge in [0.15, 0.2) is 11.6 Å². The summed E-state index contributed by atoms with van der Waals surface area (Å²) in [6.07, 6.45) is 3.38. The van der Waals surface area contributed by atoms with E-state index in [1.165, 1.54) is 23.4 Å². The van der Waals surface area contributed by atoms with Gasteiger partial charge < -0.3 is 15.5 Å². The highest BCUT2D eigenvalue weighted by Gasteiger charge is 2.29. The van der Waals surface area contributed by atoms with E-state index in [4.69, 9.17) is 0 Å². The maximum atomic E-state index is 13.0. The molecule has 1 aliphatic rings. The standard InChI is InChI=1S/C21H23N7O3S/c1-16(29)23-17-2-4-19(5-3-17)32(30,31)28-14-12-27(13-15-28)21-7-6-20(25-26-21)24-18-8-10-22-11-9-18/h2-11H,12-15H2,1H3,(H,23,29)(H,22,24,25). The quantitative estimate of drug-likeness (QED) is 0.582. The summed E-state index contributed by atoms with van der Waals surface area (Å²) < 4.78 is 27.4. The van der Waals surface area contributed by atoms with E-state index in [0.29, 0.717) is 43.5 Å². The number of nitrogens with zero attached hydrogens (tertiary/aromatic N) is 5. The third kappa shape index (κ3) is 5.01. The SMILES string of the molecule is CC(=O)Nc1ccc(S(=O)(=O)N2CCN(c3ccc(Nc4ccncc4)nn3)CC2)cc1. The summed E-state index contributed by atoms with van der Waals surface area (Å²) in [4.78, 5) is 17.3. The lowest BCUT2D eigenvalue weighted by Gasteiger charge is -2.34. The van der Waals surface area contributed by atoms with Crippen LogP contribution >= 0.6 is 0 Å². The highest BCUT2D eigenvalue weighted by atomic mass is 32.2. The number of sulfonamides is 1. The maximum absolute atomic E-state index is 13.0. The second kappa shape index (κ2) is 9.28. The second-order valence-electron chi connectivity index (χ2n) is 7.23. The van der Waals surface area contributed by atoms with Crippen LogP contribution in [0.25, 0.3) is 0 Å². The molecule has 2 N–H and O–H groups in total. The molecule has 166 valence electrons. The van der Waals surface area contributed by atoms with E-state index in [0.717, 1.165) is 5.69 Å². The Bertz CT molecular complexity index is 1160. The number of amides is 1. The lowest BCUT2D eigenvalue weighted by molar-refractivity contribution is -0.114. The van der Waals surface area contributed by atoms with Gasteiger partial charge in [0.05, 0.1) is 4.90 Å². The van der Waals surface area contributed by atoms with Gasteiger partial charge >= 0.3 is 0 Å². The van der Waals surface area contributed by atoms with Gasteiger partial charge in [-0.3, -0.25) is 9.78 Å². The molecule has 1 aromatic carbocycles. The molecule has 4 rings (SSSR count). The number of benzene rings is 1. The predicted octanol–water partition coefficient (Wildman–Crippen LogP) is 2.08. The average molecular weight is 454 g/mol. The van der Waals surface area contributed by atoms with Crippen molar-refractivity contribution in [3.8, 4) is 0 Å². The third-order valence-corrected chi connectivity index (χ3v) is 6.89. The molecule has 32 heavy (non-hydrogen) atoms. The molecular formula is C21H23N7O3S. The Morgan fingerprint density at radius 3 is 2.16 bits per heavy atom. The predicted molar refractivity (Wildman–Crippen MR) is 121 cm³/mol. The molecule has 0 radical (unpaired) electrons. The van der Waals surface area contributed by atoms with E-state index in [-0.39, 0.29) is 10.8 Å². The number of rotatable bonds is 6. The number of piperazine rings is 1. The van der Waals surface area contributed by atoms with Crippen molar-refractivity contribution in [2.24, 2.45) is 0 Å². The molecular weight excluding hydrogens is 430 g/mol. The van der Waals surface area contributed by atoms with Gasteiger partial charge in [-0.05, 0) is 48.5 Å². The van der Waals surface area contributed by atoms with E-state index < -0.39 is 10.0 Å². The minimum Gasteiger partial charge on any atom is -0.352 e. The van der Waals surface area contributed by atoms with Gasteiger partial charge in [-0.25, -0.2) is 8.42 Å². The molecule has 0 saturated carbocycles. The van der Waals surface area contributed by atoms with Crippen LogP contribution in [-0.2, 0) is 14.8 Å². The number of hydrogen-bond acceptors (Lipinski definition) is 8. The van der Waals surface area contributed by atoms with E-state index in [2.05, 4.69) is 25.8 Å². The number of anilines is 4. The molecule has 3 aromatic rings. The van der Waals surface area contributed by atoms with Gasteiger partial charge in [0, 0.05) is 56.9 Å². The number of pyridine rings is 1. The van der Waals surface area contributed by atoms with Crippen molar-refractivity contribution < 1.29 is 13.2 Å². The molecule has 10 nitrogen and oxygen atoms in total. The van der Waals surface area contributed by atoms with Gasteiger partial charge in [-0.15, -0.1) is 10.2 Å². The first kappa shape index (κ1) is 21.7. The first-order chi connectivity index (χ1) is 15.4. The Kier molecular flexibility index (Phi) is 6.28. The molecule has 2 aromatic heterocycles.